The second-order valence-electron chi connectivity index (χ2n) is 17.0. The van der Waals surface area contributed by atoms with Gasteiger partial charge in [-0.3, -0.25) is 4.99 Å². The number of fused-ring (bicyclic) bond motifs is 6. The second-order valence-corrected chi connectivity index (χ2v) is 18.1. The van der Waals surface area contributed by atoms with Gasteiger partial charge in [0.05, 0.1) is 6.04 Å². The summed E-state index contributed by atoms with van der Waals surface area (Å²) in [4.78, 5) is 5.70. The number of benzene rings is 7. The molecule has 3 heteroatoms. The Morgan fingerprint density at radius 1 is 0.607 bits per heavy atom. The van der Waals surface area contributed by atoms with Crippen molar-refractivity contribution in [1.29, 1.82) is 0 Å². The first-order valence-corrected chi connectivity index (χ1v) is 22.3. The van der Waals surface area contributed by atoms with Crippen LogP contribution in [0.3, 0.4) is 0 Å². The molecule has 2 N–H and O–H groups in total. The van der Waals surface area contributed by atoms with E-state index in [1.165, 1.54) is 70.2 Å². The van der Waals surface area contributed by atoms with Crippen molar-refractivity contribution in [3.63, 3.8) is 0 Å². The zero-order chi connectivity index (χ0) is 41.7. The van der Waals surface area contributed by atoms with Gasteiger partial charge in [0.25, 0.3) is 0 Å². The van der Waals surface area contributed by atoms with Gasteiger partial charge >= 0.3 is 0 Å². The standard InChI is InChI=1S/C58H48N2S/c1-5-47(56(59)43-26-24-41(25-27-43)39-16-10-7-11-17-39)57(46-29-31-49-48-18-12-13-19-52(48)58(3,4)53(49)35-46)60-37(2)44-28-32-50-51-34-45(30-33-54(51)61-55(50)36-44)42-22-20-40(21-23-42)38-14-8-6-9-15-38/h6-10,12-16,18-37,47,56H,5,59H2,1-4H3. The fourth-order valence-corrected chi connectivity index (χ4v) is 10.6. The molecule has 8 aromatic carbocycles. The Kier molecular flexibility index (Phi) is 10.0. The summed E-state index contributed by atoms with van der Waals surface area (Å²) in [5.74, 6) is -0.0110. The fourth-order valence-electron chi connectivity index (χ4n) is 9.51. The molecule has 0 bridgehead atoms. The van der Waals surface area contributed by atoms with Crippen molar-refractivity contribution in [2.45, 2.75) is 51.6 Å². The average molecular weight is 805 g/mol. The maximum absolute atomic E-state index is 7.34. The number of aliphatic imine (C=N–C) groups is 1. The quantitative estimate of drug-likeness (QED) is 0.137. The average Bonchev–Trinajstić information content (AvgIpc) is 3.79. The lowest BCUT2D eigenvalue weighted by molar-refractivity contribution is 0.532. The topological polar surface area (TPSA) is 38.4 Å². The van der Waals surface area contributed by atoms with E-state index in [9.17, 15) is 0 Å². The molecule has 1 aromatic heterocycles. The summed E-state index contributed by atoms with van der Waals surface area (Å²) in [6, 6.07) is 69.8. The highest BCUT2D eigenvalue weighted by Gasteiger charge is 2.36. The molecule has 2 nitrogen and oxygen atoms in total. The fraction of sp³-hybridized carbons (Fsp3) is 0.155. The van der Waals surface area contributed by atoms with Crippen LogP contribution in [0.1, 0.15) is 74.0 Å². The van der Waals surface area contributed by atoms with Gasteiger partial charge in [0, 0.05) is 48.8 Å². The van der Waals surface area contributed by atoms with Gasteiger partial charge in [-0.05, 0) is 117 Å². The molecule has 0 saturated carbocycles. The summed E-state index contributed by atoms with van der Waals surface area (Å²) in [7, 11) is 0. The minimum absolute atomic E-state index is 0.0110. The third-order valence-electron chi connectivity index (χ3n) is 13.0. The molecule has 3 unspecified atom stereocenters. The molecule has 0 spiro atoms. The third-order valence-corrected chi connectivity index (χ3v) is 14.1. The van der Waals surface area contributed by atoms with Crippen LogP contribution in [0.4, 0.5) is 0 Å². The Balaban J connectivity index is 1.01. The predicted molar refractivity (Wildman–Crippen MR) is 259 cm³/mol. The van der Waals surface area contributed by atoms with Crippen molar-refractivity contribution in [2.24, 2.45) is 16.6 Å². The molecule has 0 saturated heterocycles. The molecular weight excluding hydrogens is 757 g/mol. The molecule has 0 amide bonds. The summed E-state index contributed by atoms with van der Waals surface area (Å²) in [5.41, 5.74) is 24.1. The monoisotopic (exact) mass is 804 g/mol. The highest BCUT2D eigenvalue weighted by atomic mass is 32.1. The van der Waals surface area contributed by atoms with E-state index in [0.29, 0.717) is 0 Å². The van der Waals surface area contributed by atoms with Gasteiger partial charge in [-0.1, -0.05) is 172 Å². The van der Waals surface area contributed by atoms with Gasteiger partial charge in [0.15, 0.2) is 0 Å². The second kappa shape index (κ2) is 15.8. The highest BCUT2D eigenvalue weighted by Crippen LogP contribution is 2.49. The van der Waals surface area contributed by atoms with Gasteiger partial charge in [-0.2, -0.15) is 0 Å². The van der Waals surface area contributed by atoms with E-state index in [4.69, 9.17) is 10.7 Å². The molecule has 1 heterocycles. The highest BCUT2D eigenvalue weighted by molar-refractivity contribution is 7.25. The van der Waals surface area contributed by atoms with Crippen molar-refractivity contribution in [3.05, 3.63) is 216 Å². The first-order chi connectivity index (χ1) is 29.8. The van der Waals surface area contributed by atoms with Crippen LogP contribution >= 0.6 is 11.3 Å². The largest absolute Gasteiger partial charge is 0.323 e. The normalized spacial score (nSPS) is 14.6. The van der Waals surface area contributed by atoms with Crippen LogP contribution in [0.25, 0.3) is 64.7 Å². The Morgan fingerprint density at radius 2 is 1.28 bits per heavy atom. The van der Waals surface area contributed by atoms with Gasteiger partial charge in [-0.15, -0.1) is 11.3 Å². The van der Waals surface area contributed by atoms with Gasteiger partial charge in [0.1, 0.15) is 0 Å². The van der Waals surface area contributed by atoms with Crippen LogP contribution < -0.4 is 5.73 Å². The van der Waals surface area contributed by atoms with Gasteiger partial charge in [0.2, 0.25) is 0 Å². The Labute approximate surface area is 364 Å². The zero-order valence-electron chi connectivity index (χ0n) is 35.1. The third kappa shape index (κ3) is 7.07. The molecule has 1 aliphatic carbocycles. The summed E-state index contributed by atoms with van der Waals surface area (Å²) in [6.07, 6.45) is 0.850. The number of nitrogens with two attached hydrogens (primary N) is 1. The van der Waals surface area contributed by atoms with Crippen LogP contribution in [0.2, 0.25) is 0 Å². The first kappa shape index (κ1) is 38.6. The maximum Gasteiger partial charge on any atom is 0.0725 e. The van der Waals surface area contributed by atoms with Crippen LogP contribution in [0.5, 0.6) is 0 Å². The number of rotatable bonds is 10. The number of nitrogens with zero attached hydrogens (tertiary/aromatic N) is 1. The van der Waals surface area contributed by atoms with Crippen LogP contribution in [-0.4, -0.2) is 5.71 Å². The van der Waals surface area contributed by atoms with E-state index in [0.717, 1.165) is 34.4 Å². The molecule has 0 fully saturated rings. The Hall–Kier alpha value is -6.57. The van der Waals surface area contributed by atoms with Crippen molar-refractivity contribution in [3.8, 4) is 44.5 Å². The van der Waals surface area contributed by atoms with Crippen LogP contribution in [0.15, 0.2) is 181 Å². The zero-order valence-corrected chi connectivity index (χ0v) is 35.9. The molecule has 1 aliphatic rings. The number of hydrogen-bond acceptors (Lipinski definition) is 3. The summed E-state index contributed by atoms with van der Waals surface area (Å²) in [6.45, 7) is 9.17. The van der Waals surface area contributed by atoms with Crippen molar-refractivity contribution in [2.75, 3.05) is 0 Å². The van der Waals surface area contributed by atoms with E-state index in [1.807, 2.05) is 23.5 Å². The van der Waals surface area contributed by atoms with E-state index in [1.54, 1.807) is 0 Å². The molecule has 10 rings (SSSR count). The first-order valence-electron chi connectivity index (χ1n) is 21.5. The Morgan fingerprint density at radius 3 is 2.03 bits per heavy atom. The lowest BCUT2D eigenvalue weighted by Crippen LogP contribution is -2.29. The number of thiophene rings is 1. The summed E-state index contributed by atoms with van der Waals surface area (Å²) in [5, 5.41) is 2.58. The molecule has 3 atom stereocenters. The van der Waals surface area contributed by atoms with E-state index in [2.05, 4.69) is 204 Å². The molecular formula is C58H48N2S. The van der Waals surface area contributed by atoms with Crippen molar-refractivity contribution in [1.82, 2.24) is 0 Å². The smallest absolute Gasteiger partial charge is 0.0725 e. The molecule has 9 aromatic rings. The van der Waals surface area contributed by atoms with Crippen LogP contribution in [-0.2, 0) is 5.41 Å². The molecule has 61 heavy (non-hydrogen) atoms. The molecule has 0 aliphatic heterocycles. The molecule has 296 valence electrons. The summed E-state index contributed by atoms with van der Waals surface area (Å²) < 4.78 is 2.57. The molecule has 0 radical (unpaired) electrons. The SMILES string of the molecule is CCC(C(=NC(C)c1ccc2c(c1)sc1ccc(-c3ccc(-c4ccccc4)cc3)cc12)c1ccc2c(c1)C(C)(C)c1ccccc1-2)C(N)c1ccc(-c2c#cccc2)cc1. The van der Waals surface area contributed by atoms with Crippen molar-refractivity contribution < 1.29 is 0 Å². The lowest BCUT2D eigenvalue weighted by atomic mass is 9.79. The van der Waals surface area contributed by atoms with Gasteiger partial charge < -0.3 is 5.73 Å². The lowest BCUT2D eigenvalue weighted by Gasteiger charge is -2.28. The predicted octanol–water partition coefficient (Wildman–Crippen LogP) is 15.2. The van der Waals surface area contributed by atoms with Crippen LogP contribution in [0, 0.1) is 18.1 Å². The minimum atomic E-state index is -0.247. The van der Waals surface area contributed by atoms with Crippen molar-refractivity contribution >= 4 is 37.2 Å². The van der Waals surface area contributed by atoms with E-state index >= 15 is 0 Å². The summed E-state index contributed by atoms with van der Waals surface area (Å²) >= 11 is 1.86. The number of hydrogen-bond donors (Lipinski definition) is 1. The van der Waals surface area contributed by atoms with Gasteiger partial charge in [-0.25, -0.2) is 0 Å². The van der Waals surface area contributed by atoms with E-state index < -0.39 is 0 Å². The Bertz CT molecular complexity index is 3050. The minimum Gasteiger partial charge on any atom is -0.323 e. The van der Waals surface area contributed by atoms with E-state index in [-0.39, 0.29) is 23.4 Å². The maximum atomic E-state index is 7.34.